The fraction of sp³-hybridized carbons (Fsp3) is 0.143. The molecule has 8 heteroatoms. The Bertz CT molecular complexity index is 860. The zero-order valence-corrected chi connectivity index (χ0v) is 12.7. The van der Waals surface area contributed by atoms with E-state index < -0.39 is 0 Å². The Hall–Kier alpha value is -2.67. The molecule has 0 unspecified atom stereocenters. The average molecular weight is 317 g/mol. The van der Waals surface area contributed by atoms with Crippen LogP contribution in [0.5, 0.6) is 0 Å². The van der Waals surface area contributed by atoms with Gasteiger partial charge < -0.3 is 10.6 Å². The van der Waals surface area contributed by atoms with Gasteiger partial charge >= 0.3 is 0 Å². The largest absolute Gasteiger partial charge is 0.386 e. The van der Waals surface area contributed by atoms with Crippen LogP contribution in [0.1, 0.15) is 6.92 Å². The molecular weight excluding hydrogens is 304 g/mol. The van der Waals surface area contributed by atoms with E-state index in [1.807, 2.05) is 18.2 Å². The van der Waals surface area contributed by atoms with Gasteiger partial charge in [0.1, 0.15) is 0 Å². The van der Waals surface area contributed by atoms with Crippen LogP contribution in [0.15, 0.2) is 30.6 Å². The fourth-order valence-corrected chi connectivity index (χ4v) is 2.24. The number of rotatable bonds is 3. The maximum absolute atomic E-state index is 11.1. The average Bonchev–Trinajstić information content (AvgIpc) is 2.88. The number of hydrogen-bond acceptors (Lipinski definition) is 5. The first kappa shape index (κ1) is 14.3. The normalized spacial score (nSPS) is 10.7. The summed E-state index contributed by atoms with van der Waals surface area (Å²) >= 11 is 5.98. The summed E-state index contributed by atoms with van der Waals surface area (Å²) in [6.07, 6.45) is 3.31. The number of halogens is 1. The molecule has 22 heavy (non-hydrogen) atoms. The van der Waals surface area contributed by atoms with Crippen molar-refractivity contribution < 1.29 is 4.79 Å². The maximum Gasteiger partial charge on any atom is 0.222 e. The number of nitrogens with one attached hydrogen (secondary N) is 2. The van der Waals surface area contributed by atoms with Gasteiger partial charge in [-0.1, -0.05) is 11.6 Å². The van der Waals surface area contributed by atoms with Gasteiger partial charge in [0.15, 0.2) is 16.6 Å². The van der Waals surface area contributed by atoms with Gasteiger partial charge in [0, 0.05) is 25.7 Å². The minimum atomic E-state index is -0.177. The first-order valence-electron chi connectivity index (χ1n) is 6.54. The molecule has 0 aliphatic heterocycles. The van der Waals surface area contributed by atoms with Gasteiger partial charge in [-0.05, 0) is 18.2 Å². The van der Waals surface area contributed by atoms with Crippen molar-refractivity contribution in [1.82, 2.24) is 19.6 Å². The molecule has 0 aliphatic rings. The topological polar surface area (TPSA) is 84.2 Å². The Kier molecular flexibility index (Phi) is 3.64. The van der Waals surface area contributed by atoms with Crippen molar-refractivity contribution in [2.75, 3.05) is 17.7 Å². The second kappa shape index (κ2) is 5.61. The van der Waals surface area contributed by atoms with Gasteiger partial charge in [0.25, 0.3) is 0 Å². The zero-order chi connectivity index (χ0) is 15.7. The molecule has 0 fully saturated rings. The standard InChI is InChI=1S/C14H13ClN6O/c1-8(22)18-12-7-21-13(19-12)4-3-10(20-21)9-5-11(16-2)14(15)17-6-9/h3-7,16H,1-2H3,(H,18,22). The number of carbonyl (C=O) groups is 1. The van der Waals surface area contributed by atoms with Gasteiger partial charge in [-0.25, -0.2) is 14.5 Å². The smallest absolute Gasteiger partial charge is 0.222 e. The lowest BCUT2D eigenvalue weighted by molar-refractivity contribution is -0.114. The van der Waals surface area contributed by atoms with Crippen LogP contribution in [0.3, 0.4) is 0 Å². The number of pyridine rings is 1. The van der Waals surface area contributed by atoms with Crippen LogP contribution in [0, 0.1) is 0 Å². The SMILES string of the molecule is CNc1cc(-c2ccc3nc(NC(C)=O)cn3n2)cnc1Cl. The first-order chi connectivity index (χ1) is 10.6. The first-order valence-corrected chi connectivity index (χ1v) is 6.92. The molecule has 1 amide bonds. The minimum Gasteiger partial charge on any atom is -0.386 e. The predicted molar refractivity (Wildman–Crippen MR) is 85.1 cm³/mol. The quantitative estimate of drug-likeness (QED) is 0.725. The highest BCUT2D eigenvalue weighted by Crippen LogP contribution is 2.25. The van der Waals surface area contributed by atoms with Crippen molar-refractivity contribution in [2.45, 2.75) is 6.92 Å². The number of amides is 1. The molecule has 112 valence electrons. The predicted octanol–water partition coefficient (Wildman–Crippen LogP) is 2.44. The molecule has 0 radical (unpaired) electrons. The van der Waals surface area contributed by atoms with E-state index in [0.717, 1.165) is 16.9 Å². The summed E-state index contributed by atoms with van der Waals surface area (Å²) in [5.41, 5.74) is 2.92. The van der Waals surface area contributed by atoms with Crippen LogP contribution in [0.2, 0.25) is 5.15 Å². The highest BCUT2D eigenvalue weighted by atomic mass is 35.5. The van der Waals surface area contributed by atoms with E-state index in [-0.39, 0.29) is 5.91 Å². The van der Waals surface area contributed by atoms with Gasteiger partial charge in [0.2, 0.25) is 5.91 Å². The number of imidazole rings is 1. The minimum absolute atomic E-state index is 0.177. The summed E-state index contributed by atoms with van der Waals surface area (Å²) in [5, 5.41) is 10.5. The summed E-state index contributed by atoms with van der Waals surface area (Å²) in [6.45, 7) is 1.43. The van der Waals surface area contributed by atoms with E-state index >= 15 is 0 Å². The highest BCUT2D eigenvalue weighted by Gasteiger charge is 2.08. The van der Waals surface area contributed by atoms with E-state index in [9.17, 15) is 4.79 Å². The molecular formula is C14H13ClN6O. The van der Waals surface area contributed by atoms with Crippen LogP contribution in [-0.4, -0.2) is 32.5 Å². The van der Waals surface area contributed by atoms with Crippen molar-refractivity contribution in [3.05, 3.63) is 35.7 Å². The number of aromatic nitrogens is 4. The van der Waals surface area contributed by atoms with Crippen molar-refractivity contribution in [2.24, 2.45) is 0 Å². The number of anilines is 2. The third-order valence-corrected chi connectivity index (χ3v) is 3.33. The van der Waals surface area contributed by atoms with Crippen molar-refractivity contribution >= 4 is 34.7 Å². The molecule has 0 bridgehead atoms. The maximum atomic E-state index is 11.1. The second-order valence-electron chi connectivity index (χ2n) is 4.64. The summed E-state index contributed by atoms with van der Waals surface area (Å²) < 4.78 is 1.61. The van der Waals surface area contributed by atoms with Crippen molar-refractivity contribution in [1.29, 1.82) is 0 Å². The lowest BCUT2D eigenvalue weighted by Crippen LogP contribution is -2.05. The van der Waals surface area contributed by atoms with E-state index in [1.54, 1.807) is 24.0 Å². The van der Waals surface area contributed by atoms with Gasteiger partial charge in [-0.2, -0.15) is 5.10 Å². The second-order valence-corrected chi connectivity index (χ2v) is 5.00. The van der Waals surface area contributed by atoms with E-state index in [0.29, 0.717) is 16.6 Å². The lowest BCUT2D eigenvalue weighted by atomic mass is 10.2. The van der Waals surface area contributed by atoms with E-state index in [1.165, 1.54) is 6.92 Å². The van der Waals surface area contributed by atoms with Gasteiger partial charge in [-0.3, -0.25) is 4.79 Å². The van der Waals surface area contributed by atoms with Crippen LogP contribution >= 0.6 is 11.6 Å². The third kappa shape index (κ3) is 2.71. The Morgan fingerprint density at radius 1 is 1.36 bits per heavy atom. The van der Waals surface area contributed by atoms with Crippen LogP contribution in [-0.2, 0) is 4.79 Å². The van der Waals surface area contributed by atoms with E-state index in [2.05, 4.69) is 25.7 Å². The Morgan fingerprint density at radius 3 is 2.91 bits per heavy atom. The van der Waals surface area contributed by atoms with Crippen molar-refractivity contribution in [3.8, 4) is 11.3 Å². The third-order valence-electron chi connectivity index (χ3n) is 3.03. The summed E-state index contributed by atoms with van der Waals surface area (Å²) in [5.74, 6) is 0.284. The molecule has 2 N–H and O–H groups in total. The summed E-state index contributed by atoms with van der Waals surface area (Å²) in [4.78, 5) is 19.5. The van der Waals surface area contributed by atoms with Gasteiger partial charge in [-0.15, -0.1) is 0 Å². The molecule has 3 heterocycles. The summed E-state index contributed by atoms with van der Waals surface area (Å²) in [6, 6.07) is 5.53. The summed E-state index contributed by atoms with van der Waals surface area (Å²) in [7, 11) is 1.78. The van der Waals surface area contributed by atoms with Gasteiger partial charge in [0.05, 0.1) is 17.6 Å². The monoisotopic (exact) mass is 316 g/mol. The van der Waals surface area contributed by atoms with Crippen LogP contribution in [0.25, 0.3) is 16.9 Å². The molecule has 0 saturated carbocycles. The Morgan fingerprint density at radius 2 is 2.18 bits per heavy atom. The molecule has 7 nitrogen and oxygen atoms in total. The number of carbonyl (C=O) groups excluding carboxylic acids is 1. The highest BCUT2D eigenvalue weighted by molar-refractivity contribution is 6.32. The van der Waals surface area contributed by atoms with Crippen LogP contribution < -0.4 is 10.6 Å². The Balaban J connectivity index is 2.02. The molecule has 0 atom stereocenters. The lowest BCUT2D eigenvalue weighted by Gasteiger charge is -2.06. The number of nitrogens with zero attached hydrogens (tertiary/aromatic N) is 4. The fourth-order valence-electron chi connectivity index (χ4n) is 2.04. The number of fused-ring (bicyclic) bond motifs is 1. The molecule has 0 aliphatic carbocycles. The van der Waals surface area contributed by atoms with Crippen LogP contribution in [0.4, 0.5) is 11.5 Å². The van der Waals surface area contributed by atoms with E-state index in [4.69, 9.17) is 11.6 Å². The molecule has 3 rings (SSSR count). The molecule has 0 aromatic carbocycles. The number of hydrogen-bond donors (Lipinski definition) is 2. The molecule has 0 saturated heterocycles. The van der Waals surface area contributed by atoms with Crippen molar-refractivity contribution in [3.63, 3.8) is 0 Å². The molecule has 3 aromatic rings. The molecule has 3 aromatic heterocycles. The Labute approximate surface area is 131 Å². The molecule has 0 spiro atoms. The zero-order valence-electron chi connectivity index (χ0n) is 12.0.